The van der Waals surface area contributed by atoms with Gasteiger partial charge in [-0.2, -0.15) is 0 Å². The van der Waals surface area contributed by atoms with Gasteiger partial charge in [-0.3, -0.25) is 0 Å². The summed E-state index contributed by atoms with van der Waals surface area (Å²) in [5.41, 5.74) is 0.670. The molecule has 0 spiro atoms. The van der Waals surface area contributed by atoms with Crippen LogP contribution in [0.3, 0.4) is 0 Å². The largest absolute Gasteiger partial charge is 0.205 e. The normalized spacial score (nSPS) is 12.7. The molecule has 0 nitrogen and oxygen atoms in total. The molecule has 0 N–H and O–H groups in total. The van der Waals surface area contributed by atoms with Gasteiger partial charge in [-0.25, -0.2) is 4.39 Å². The Morgan fingerprint density at radius 1 is 1.29 bits per heavy atom. The molecule has 4 heteroatoms. The van der Waals surface area contributed by atoms with Crippen LogP contribution in [0.2, 0.25) is 0 Å². The molecule has 0 aliphatic carbocycles. The minimum Gasteiger partial charge on any atom is -0.205 e. The highest BCUT2D eigenvalue weighted by Crippen LogP contribution is 2.38. The fourth-order valence-corrected chi connectivity index (χ4v) is 3.71. The summed E-state index contributed by atoms with van der Waals surface area (Å²) < 4.78 is 14.5. The number of hydrogen-bond acceptors (Lipinski definition) is 1. The lowest BCUT2D eigenvalue weighted by molar-refractivity contribution is 0.607. The third-order valence-corrected chi connectivity index (χ3v) is 5.73. The molecule has 1 aromatic heterocycles. The summed E-state index contributed by atoms with van der Waals surface area (Å²) in [7, 11) is 0. The first-order valence-electron chi connectivity index (χ1n) is 5.30. The quantitative estimate of drug-likeness (QED) is 0.602. The number of alkyl halides is 1. The van der Waals surface area contributed by atoms with Crippen LogP contribution in [0.15, 0.2) is 34.8 Å². The fraction of sp³-hybridized carbons (Fsp3) is 0.231. The highest BCUT2D eigenvalue weighted by atomic mass is 79.9. The molecule has 0 bridgehead atoms. The van der Waals surface area contributed by atoms with Crippen LogP contribution < -0.4 is 0 Å². The van der Waals surface area contributed by atoms with Gasteiger partial charge in [0.2, 0.25) is 0 Å². The maximum atomic E-state index is 14.0. The first kappa shape index (κ1) is 13.2. The van der Waals surface area contributed by atoms with Crippen LogP contribution in [0.1, 0.15) is 27.1 Å². The Morgan fingerprint density at radius 2 is 2.06 bits per heavy atom. The molecule has 2 rings (SSSR count). The second-order valence-corrected chi connectivity index (χ2v) is 6.63. The highest BCUT2D eigenvalue weighted by Gasteiger charge is 2.17. The fourth-order valence-electron chi connectivity index (χ4n) is 1.59. The van der Waals surface area contributed by atoms with E-state index in [4.69, 9.17) is 0 Å². The van der Waals surface area contributed by atoms with Gasteiger partial charge in [0, 0.05) is 15.3 Å². The predicted molar refractivity (Wildman–Crippen MR) is 78.6 cm³/mol. The average Bonchev–Trinajstić information content (AvgIpc) is 2.80. The molecule has 0 amide bonds. The van der Waals surface area contributed by atoms with Crippen molar-refractivity contribution in [2.75, 3.05) is 0 Å². The highest BCUT2D eigenvalue weighted by molar-refractivity contribution is 9.10. The van der Waals surface area contributed by atoms with Gasteiger partial charge >= 0.3 is 0 Å². The molecule has 0 aliphatic heterocycles. The molecule has 0 saturated carbocycles. The summed E-state index contributed by atoms with van der Waals surface area (Å²) in [6.45, 7) is 2.12. The monoisotopic (exact) mass is 376 g/mol. The summed E-state index contributed by atoms with van der Waals surface area (Å²) in [4.78, 5) is 2.38. The van der Waals surface area contributed by atoms with Crippen LogP contribution in [0, 0.1) is 5.82 Å². The first-order chi connectivity index (χ1) is 8.13. The molecule has 1 atom stereocenters. The first-order valence-corrected chi connectivity index (χ1v) is 7.82. The molecule has 1 unspecified atom stereocenters. The lowest BCUT2D eigenvalue weighted by atomic mass is 10.1. The molecule has 0 saturated heterocycles. The number of aryl methyl sites for hydroxylation is 1. The van der Waals surface area contributed by atoms with Crippen LogP contribution >= 0.6 is 43.2 Å². The lowest BCUT2D eigenvalue weighted by Gasteiger charge is -2.10. The van der Waals surface area contributed by atoms with Crippen molar-refractivity contribution < 1.29 is 4.39 Å². The van der Waals surface area contributed by atoms with Gasteiger partial charge in [-0.15, -0.1) is 11.3 Å². The molecule has 1 heterocycles. The maximum absolute atomic E-state index is 14.0. The number of hydrogen-bond donors (Lipinski definition) is 0. The minimum atomic E-state index is -0.194. The summed E-state index contributed by atoms with van der Waals surface area (Å²) >= 11 is 8.51. The van der Waals surface area contributed by atoms with Crippen LogP contribution in [0.4, 0.5) is 4.39 Å². The van der Waals surface area contributed by atoms with E-state index in [0.717, 1.165) is 11.3 Å². The van der Waals surface area contributed by atoms with Crippen LogP contribution in [0.25, 0.3) is 0 Å². The zero-order valence-corrected chi connectivity index (χ0v) is 13.2. The smallest absolute Gasteiger partial charge is 0.142 e. The van der Waals surface area contributed by atoms with E-state index in [1.54, 1.807) is 17.4 Å². The zero-order valence-electron chi connectivity index (χ0n) is 9.21. The van der Waals surface area contributed by atoms with E-state index in [1.807, 2.05) is 12.1 Å². The van der Waals surface area contributed by atoms with Gasteiger partial charge in [0.25, 0.3) is 0 Å². The van der Waals surface area contributed by atoms with Crippen molar-refractivity contribution in [2.45, 2.75) is 18.2 Å². The minimum absolute atomic E-state index is 0.0784. The number of rotatable bonds is 3. The van der Waals surface area contributed by atoms with E-state index < -0.39 is 0 Å². The van der Waals surface area contributed by atoms with E-state index in [0.29, 0.717) is 10.0 Å². The standard InChI is InChI=1S/C13H11Br2FS/c1-2-8-6-7-11(17-8)12(15)9-4-3-5-10(14)13(9)16/h3-7,12H,2H2,1H3. The number of benzene rings is 1. The Balaban J connectivity index is 2.36. The molecule has 17 heavy (non-hydrogen) atoms. The molecule has 0 fully saturated rings. The van der Waals surface area contributed by atoms with Crippen molar-refractivity contribution in [2.24, 2.45) is 0 Å². The second-order valence-electron chi connectivity index (χ2n) is 3.66. The summed E-state index contributed by atoms with van der Waals surface area (Å²) in [5, 5.41) is 0. The molecule has 2 aromatic rings. The molecule has 90 valence electrons. The van der Waals surface area contributed by atoms with Crippen LogP contribution in [-0.2, 0) is 6.42 Å². The lowest BCUT2D eigenvalue weighted by Crippen LogP contribution is -1.94. The SMILES string of the molecule is CCc1ccc(C(Br)c2cccc(Br)c2F)s1. The summed E-state index contributed by atoms with van der Waals surface area (Å²) in [6.07, 6.45) is 1.02. The van der Waals surface area contributed by atoms with Gasteiger partial charge in [-0.1, -0.05) is 35.0 Å². The Labute approximate surface area is 121 Å². The summed E-state index contributed by atoms with van der Waals surface area (Å²) in [5.74, 6) is -0.194. The van der Waals surface area contributed by atoms with Gasteiger partial charge in [-0.05, 0) is 40.5 Å². The Bertz CT molecular complexity index is 522. The van der Waals surface area contributed by atoms with Crippen LogP contribution in [0.5, 0.6) is 0 Å². The molecule has 1 aromatic carbocycles. The molecule has 0 aliphatic rings. The zero-order chi connectivity index (χ0) is 12.4. The number of halogens is 3. The van der Waals surface area contributed by atoms with E-state index >= 15 is 0 Å². The van der Waals surface area contributed by atoms with Crippen molar-refractivity contribution in [1.82, 2.24) is 0 Å². The van der Waals surface area contributed by atoms with Gasteiger partial charge in [0.1, 0.15) is 5.82 Å². The molecular formula is C13H11Br2FS. The Hall–Kier alpha value is -0.190. The van der Waals surface area contributed by atoms with E-state index in [-0.39, 0.29) is 10.6 Å². The van der Waals surface area contributed by atoms with Crippen molar-refractivity contribution >= 4 is 43.2 Å². The Morgan fingerprint density at radius 3 is 2.71 bits per heavy atom. The van der Waals surface area contributed by atoms with E-state index in [1.165, 1.54) is 4.88 Å². The maximum Gasteiger partial charge on any atom is 0.142 e. The van der Waals surface area contributed by atoms with Crippen molar-refractivity contribution in [3.05, 3.63) is 55.9 Å². The third kappa shape index (κ3) is 2.80. The van der Waals surface area contributed by atoms with E-state index in [9.17, 15) is 4.39 Å². The Kier molecular flexibility index (Phi) is 4.39. The topological polar surface area (TPSA) is 0 Å². The van der Waals surface area contributed by atoms with Gasteiger partial charge < -0.3 is 0 Å². The summed E-state index contributed by atoms with van der Waals surface area (Å²) in [6, 6.07) is 9.54. The van der Waals surface area contributed by atoms with Crippen molar-refractivity contribution in [1.29, 1.82) is 0 Å². The third-order valence-electron chi connectivity index (χ3n) is 2.54. The van der Waals surface area contributed by atoms with Crippen LogP contribution in [-0.4, -0.2) is 0 Å². The van der Waals surface area contributed by atoms with Gasteiger partial charge in [0.05, 0.1) is 9.30 Å². The average molecular weight is 378 g/mol. The predicted octanol–water partition coefficient (Wildman–Crippen LogP) is 5.70. The molecule has 0 radical (unpaired) electrons. The number of thiophene rings is 1. The van der Waals surface area contributed by atoms with Crippen molar-refractivity contribution in [3.8, 4) is 0 Å². The second kappa shape index (κ2) is 5.63. The van der Waals surface area contributed by atoms with Crippen molar-refractivity contribution in [3.63, 3.8) is 0 Å². The van der Waals surface area contributed by atoms with Gasteiger partial charge in [0.15, 0.2) is 0 Å². The molecular weight excluding hydrogens is 367 g/mol. The van der Waals surface area contributed by atoms with E-state index in [2.05, 4.69) is 50.9 Å².